The van der Waals surface area contributed by atoms with E-state index in [9.17, 15) is 4.79 Å². The highest BCUT2D eigenvalue weighted by Crippen LogP contribution is 2.28. The Labute approximate surface area is 125 Å². The van der Waals surface area contributed by atoms with Crippen LogP contribution in [0.4, 0.5) is 11.4 Å². The molecule has 2 N–H and O–H groups in total. The Morgan fingerprint density at radius 3 is 2.90 bits per heavy atom. The fraction of sp³-hybridized carbons (Fsp3) is 0.562. The van der Waals surface area contributed by atoms with Crippen LogP contribution >= 0.6 is 0 Å². The Kier molecular flexibility index (Phi) is 3.76. The molecule has 0 saturated carbocycles. The van der Waals surface area contributed by atoms with Crippen molar-refractivity contribution in [2.45, 2.75) is 31.4 Å². The summed E-state index contributed by atoms with van der Waals surface area (Å²) >= 11 is 0. The molecular formula is C16H23N3O2. The summed E-state index contributed by atoms with van der Waals surface area (Å²) in [7, 11) is 1.73. The first-order valence-electron chi connectivity index (χ1n) is 7.55. The van der Waals surface area contributed by atoms with Gasteiger partial charge in [-0.1, -0.05) is 12.1 Å². The van der Waals surface area contributed by atoms with Crippen molar-refractivity contribution >= 4 is 17.3 Å². The van der Waals surface area contributed by atoms with E-state index in [1.165, 1.54) is 0 Å². The number of hydrogen-bond acceptors (Lipinski definition) is 4. The van der Waals surface area contributed by atoms with E-state index >= 15 is 0 Å². The van der Waals surface area contributed by atoms with E-state index in [0.717, 1.165) is 30.8 Å². The summed E-state index contributed by atoms with van der Waals surface area (Å²) in [6.45, 7) is 4.18. The van der Waals surface area contributed by atoms with Crippen molar-refractivity contribution < 1.29 is 9.53 Å². The van der Waals surface area contributed by atoms with Gasteiger partial charge in [-0.3, -0.25) is 4.79 Å². The van der Waals surface area contributed by atoms with Crippen LogP contribution in [0.3, 0.4) is 0 Å². The van der Waals surface area contributed by atoms with Crippen molar-refractivity contribution in [3.63, 3.8) is 0 Å². The molecule has 0 radical (unpaired) electrons. The zero-order valence-electron chi connectivity index (χ0n) is 12.7. The number of methoxy groups -OCH3 is 1. The average molecular weight is 289 g/mol. The van der Waals surface area contributed by atoms with Crippen molar-refractivity contribution in [1.29, 1.82) is 0 Å². The van der Waals surface area contributed by atoms with Crippen LogP contribution in [0, 0.1) is 0 Å². The molecule has 1 fully saturated rings. The summed E-state index contributed by atoms with van der Waals surface area (Å²) in [5, 5.41) is 6.67. The minimum Gasteiger partial charge on any atom is -0.381 e. The molecule has 2 atom stereocenters. The number of hydrogen-bond donors (Lipinski definition) is 2. The Balaban J connectivity index is 1.69. The van der Waals surface area contributed by atoms with Crippen molar-refractivity contribution in [1.82, 2.24) is 4.90 Å². The maximum Gasteiger partial charge on any atom is 0.247 e. The summed E-state index contributed by atoms with van der Waals surface area (Å²) in [6.07, 6.45) is 2.00. The number of amides is 1. The number of piperidine rings is 1. The number of nitrogens with zero attached hydrogens (tertiary/aromatic N) is 1. The van der Waals surface area contributed by atoms with Crippen LogP contribution in [-0.2, 0) is 9.53 Å². The fourth-order valence-electron chi connectivity index (χ4n) is 3.14. The van der Waals surface area contributed by atoms with Gasteiger partial charge >= 0.3 is 0 Å². The number of ether oxygens (including phenoxy) is 1. The lowest BCUT2D eigenvalue weighted by atomic mass is 9.94. The molecule has 0 bridgehead atoms. The lowest BCUT2D eigenvalue weighted by molar-refractivity contribution is -0.139. The predicted octanol–water partition coefficient (Wildman–Crippen LogP) is 1.92. The quantitative estimate of drug-likeness (QED) is 0.873. The third-order valence-electron chi connectivity index (χ3n) is 4.51. The molecule has 2 aliphatic rings. The normalized spacial score (nSPS) is 28.3. The second kappa shape index (κ2) is 5.56. The van der Waals surface area contributed by atoms with E-state index in [0.29, 0.717) is 13.1 Å². The van der Waals surface area contributed by atoms with E-state index in [1.54, 1.807) is 7.11 Å². The molecule has 3 rings (SSSR count). The Bertz CT molecular complexity index is 534. The van der Waals surface area contributed by atoms with E-state index in [1.807, 2.05) is 29.2 Å². The van der Waals surface area contributed by atoms with Gasteiger partial charge in [0.15, 0.2) is 0 Å². The van der Waals surface area contributed by atoms with E-state index in [4.69, 9.17) is 4.74 Å². The van der Waals surface area contributed by atoms with E-state index < -0.39 is 0 Å². The van der Waals surface area contributed by atoms with Gasteiger partial charge in [-0.25, -0.2) is 0 Å². The zero-order valence-corrected chi connectivity index (χ0v) is 12.7. The lowest BCUT2D eigenvalue weighted by Gasteiger charge is -2.41. The molecule has 2 heterocycles. The molecule has 0 spiro atoms. The number of nitrogens with one attached hydrogen (secondary N) is 2. The summed E-state index contributed by atoms with van der Waals surface area (Å²) in [5.74, 6) is 0.153. The van der Waals surface area contributed by atoms with E-state index in [2.05, 4.69) is 17.6 Å². The lowest BCUT2D eigenvalue weighted by Crippen LogP contribution is -2.55. The summed E-state index contributed by atoms with van der Waals surface area (Å²) in [4.78, 5) is 14.7. The molecule has 1 aromatic carbocycles. The molecule has 114 valence electrons. The molecule has 5 heteroatoms. The first kappa shape index (κ1) is 14.2. The number of benzene rings is 1. The second-order valence-electron chi connectivity index (χ2n) is 6.14. The predicted molar refractivity (Wildman–Crippen MR) is 83.6 cm³/mol. The zero-order chi connectivity index (χ0) is 14.9. The van der Waals surface area contributed by atoms with Crippen LogP contribution in [-0.4, -0.2) is 49.2 Å². The van der Waals surface area contributed by atoms with Crippen LogP contribution < -0.4 is 10.6 Å². The van der Waals surface area contributed by atoms with Gasteiger partial charge in [0.2, 0.25) is 5.91 Å². The molecule has 2 aliphatic heterocycles. The summed E-state index contributed by atoms with van der Waals surface area (Å²) in [6, 6.07) is 7.77. The molecule has 1 aromatic rings. The number of rotatable bonds is 2. The number of carbonyl (C=O) groups is 1. The molecule has 21 heavy (non-hydrogen) atoms. The van der Waals surface area contributed by atoms with Gasteiger partial charge in [0.05, 0.1) is 17.0 Å². The maximum absolute atomic E-state index is 12.7. The number of anilines is 2. The highest BCUT2D eigenvalue weighted by Gasteiger charge is 2.36. The molecular weight excluding hydrogens is 266 g/mol. The third-order valence-corrected chi connectivity index (χ3v) is 4.51. The molecule has 0 aromatic heterocycles. The van der Waals surface area contributed by atoms with Crippen LogP contribution in [0.2, 0.25) is 0 Å². The van der Waals surface area contributed by atoms with Gasteiger partial charge in [0, 0.05) is 26.7 Å². The minimum atomic E-state index is -0.214. The molecule has 5 nitrogen and oxygen atoms in total. The number of para-hydroxylation sites is 2. The smallest absolute Gasteiger partial charge is 0.247 e. The Morgan fingerprint density at radius 1 is 1.38 bits per heavy atom. The van der Waals surface area contributed by atoms with Crippen LogP contribution in [0.15, 0.2) is 24.3 Å². The maximum atomic E-state index is 12.7. The summed E-state index contributed by atoms with van der Waals surface area (Å²) < 4.78 is 5.57. The van der Waals surface area contributed by atoms with Gasteiger partial charge in [-0.2, -0.15) is 0 Å². The second-order valence-corrected chi connectivity index (χ2v) is 6.14. The third kappa shape index (κ3) is 2.83. The SMILES string of the molecule is COC1(C)CCCN(C(=O)C2CNc3ccccc3N2)C1. The average Bonchev–Trinajstić information content (AvgIpc) is 2.54. The van der Waals surface area contributed by atoms with Gasteiger partial charge in [-0.15, -0.1) is 0 Å². The number of carbonyl (C=O) groups excluding carboxylic acids is 1. The van der Waals surface area contributed by atoms with Crippen molar-refractivity contribution in [3.8, 4) is 0 Å². The first-order valence-corrected chi connectivity index (χ1v) is 7.55. The molecule has 0 aliphatic carbocycles. The topological polar surface area (TPSA) is 53.6 Å². The monoisotopic (exact) mass is 289 g/mol. The molecule has 1 saturated heterocycles. The minimum absolute atomic E-state index is 0.153. The molecule has 2 unspecified atom stereocenters. The van der Waals surface area contributed by atoms with Crippen LogP contribution in [0.5, 0.6) is 0 Å². The van der Waals surface area contributed by atoms with Crippen LogP contribution in [0.25, 0.3) is 0 Å². The largest absolute Gasteiger partial charge is 0.381 e. The first-order chi connectivity index (χ1) is 10.1. The van der Waals surface area contributed by atoms with Gasteiger partial charge < -0.3 is 20.3 Å². The van der Waals surface area contributed by atoms with Gasteiger partial charge in [0.25, 0.3) is 0 Å². The summed E-state index contributed by atoms with van der Waals surface area (Å²) in [5.41, 5.74) is 1.84. The highest BCUT2D eigenvalue weighted by atomic mass is 16.5. The van der Waals surface area contributed by atoms with Crippen molar-refractivity contribution in [2.75, 3.05) is 37.4 Å². The highest BCUT2D eigenvalue weighted by molar-refractivity contribution is 5.88. The molecule has 1 amide bonds. The van der Waals surface area contributed by atoms with E-state index in [-0.39, 0.29) is 17.6 Å². The van der Waals surface area contributed by atoms with Crippen LogP contribution in [0.1, 0.15) is 19.8 Å². The number of likely N-dealkylation sites (tertiary alicyclic amines) is 1. The number of fused-ring (bicyclic) bond motifs is 1. The standard InChI is InChI=1S/C16H23N3O2/c1-16(21-2)8-5-9-19(11-16)15(20)14-10-17-12-6-3-4-7-13(12)18-14/h3-4,6-7,14,17-18H,5,8-11H2,1-2H3. The Morgan fingerprint density at radius 2 is 2.14 bits per heavy atom. The van der Waals surface area contributed by atoms with Gasteiger partial charge in [0.1, 0.15) is 6.04 Å². The Hall–Kier alpha value is -1.75. The fourth-order valence-corrected chi connectivity index (χ4v) is 3.14. The van der Waals surface area contributed by atoms with Gasteiger partial charge in [-0.05, 0) is 31.9 Å². The van der Waals surface area contributed by atoms with Crippen molar-refractivity contribution in [3.05, 3.63) is 24.3 Å². The van der Waals surface area contributed by atoms with Crippen molar-refractivity contribution in [2.24, 2.45) is 0 Å².